The van der Waals surface area contributed by atoms with Gasteiger partial charge < -0.3 is 19.9 Å². The summed E-state index contributed by atoms with van der Waals surface area (Å²) in [5.74, 6) is 0.397. The standard InChI is InChI=1S/C23H17ClN2O4S/c1-13-9-14(5-7-18(13)24)28-12-21(27)29-15-4-6-16-19(10-15)30-23(26)17(11-25)22(16)20-3-2-8-31-20/h2-10,22H,12,26H2,1H3. The number of nitrogens with two attached hydrogens (primary N) is 1. The molecule has 2 aromatic carbocycles. The number of ether oxygens (including phenoxy) is 3. The van der Waals surface area contributed by atoms with Gasteiger partial charge in [-0.1, -0.05) is 23.7 Å². The van der Waals surface area contributed by atoms with Gasteiger partial charge in [0.05, 0.1) is 5.92 Å². The third-order valence-electron chi connectivity index (χ3n) is 4.74. The van der Waals surface area contributed by atoms with E-state index in [4.69, 9.17) is 31.5 Å². The van der Waals surface area contributed by atoms with Crippen molar-refractivity contribution < 1.29 is 19.0 Å². The summed E-state index contributed by atoms with van der Waals surface area (Å²) in [6.07, 6.45) is 0. The van der Waals surface area contributed by atoms with Crippen LogP contribution >= 0.6 is 22.9 Å². The van der Waals surface area contributed by atoms with Crippen LogP contribution in [0, 0.1) is 18.3 Å². The van der Waals surface area contributed by atoms with Crippen molar-refractivity contribution in [3.05, 3.63) is 86.4 Å². The number of fused-ring (bicyclic) bond motifs is 1. The number of thiophene rings is 1. The minimum atomic E-state index is -0.570. The molecule has 1 unspecified atom stereocenters. The van der Waals surface area contributed by atoms with E-state index in [0.29, 0.717) is 22.1 Å². The first-order chi connectivity index (χ1) is 15.0. The molecular weight excluding hydrogens is 436 g/mol. The topological polar surface area (TPSA) is 94.6 Å². The number of hydrogen-bond donors (Lipinski definition) is 1. The molecule has 1 atom stereocenters. The molecule has 2 N–H and O–H groups in total. The summed E-state index contributed by atoms with van der Waals surface area (Å²) in [6, 6.07) is 16.2. The second-order valence-electron chi connectivity index (χ2n) is 6.81. The van der Waals surface area contributed by atoms with Crippen molar-refractivity contribution in [1.82, 2.24) is 0 Å². The highest BCUT2D eigenvalue weighted by atomic mass is 35.5. The van der Waals surface area contributed by atoms with Gasteiger partial charge in [-0.2, -0.15) is 5.26 Å². The average molecular weight is 453 g/mol. The fourth-order valence-electron chi connectivity index (χ4n) is 3.26. The van der Waals surface area contributed by atoms with Crippen molar-refractivity contribution in [2.75, 3.05) is 6.61 Å². The van der Waals surface area contributed by atoms with Gasteiger partial charge in [0.25, 0.3) is 0 Å². The highest BCUT2D eigenvalue weighted by molar-refractivity contribution is 7.10. The largest absolute Gasteiger partial charge is 0.482 e. The summed E-state index contributed by atoms with van der Waals surface area (Å²) in [5, 5.41) is 12.1. The summed E-state index contributed by atoms with van der Waals surface area (Å²) in [7, 11) is 0. The Morgan fingerprint density at radius 1 is 1.26 bits per heavy atom. The number of hydrogen-bond acceptors (Lipinski definition) is 7. The van der Waals surface area contributed by atoms with Crippen molar-refractivity contribution in [1.29, 1.82) is 5.26 Å². The molecule has 0 aliphatic carbocycles. The number of halogens is 1. The van der Waals surface area contributed by atoms with E-state index in [2.05, 4.69) is 6.07 Å². The van der Waals surface area contributed by atoms with Crippen molar-refractivity contribution in [2.24, 2.45) is 5.73 Å². The number of aryl methyl sites for hydroxylation is 1. The molecule has 6 nitrogen and oxygen atoms in total. The first-order valence-corrected chi connectivity index (χ1v) is 10.6. The van der Waals surface area contributed by atoms with Crippen LogP contribution in [0.3, 0.4) is 0 Å². The van der Waals surface area contributed by atoms with Gasteiger partial charge in [-0.3, -0.25) is 0 Å². The molecule has 2 heterocycles. The number of esters is 1. The van der Waals surface area contributed by atoms with Crippen molar-refractivity contribution in [3.8, 4) is 23.3 Å². The van der Waals surface area contributed by atoms with E-state index in [-0.39, 0.29) is 24.2 Å². The first-order valence-electron chi connectivity index (χ1n) is 9.31. The Morgan fingerprint density at radius 3 is 2.77 bits per heavy atom. The zero-order chi connectivity index (χ0) is 22.0. The Labute approximate surface area is 188 Å². The van der Waals surface area contributed by atoms with E-state index < -0.39 is 5.97 Å². The van der Waals surface area contributed by atoms with Crippen LogP contribution in [0.15, 0.2) is 65.4 Å². The summed E-state index contributed by atoms with van der Waals surface area (Å²) in [5.41, 5.74) is 7.97. The lowest BCUT2D eigenvalue weighted by Gasteiger charge is -2.25. The molecular formula is C23H17ClN2O4S. The molecule has 156 valence electrons. The van der Waals surface area contributed by atoms with E-state index in [1.165, 1.54) is 11.3 Å². The molecule has 0 saturated carbocycles. The van der Waals surface area contributed by atoms with Crippen molar-refractivity contribution in [3.63, 3.8) is 0 Å². The normalized spacial score (nSPS) is 14.9. The molecule has 4 rings (SSSR count). The van der Waals surface area contributed by atoms with E-state index in [0.717, 1.165) is 16.0 Å². The monoisotopic (exact) mass is 452 g/mol. The van der Waals surface area contributed by atoms with Crippen LogP contribution in [-0.2, 0) is 4.79 Å². The Bertz CT molecular complexity index is 1210. The minimum Gasteiger partial charge on any atom is -0.482 e. The Balaban J connectivity index is 1.50. The lowest BCUT2D eigenvalue weighted by molar-refractivity contribution is -0.136. The quantitative estimate of drug-likeness (QED) is 0.436. The van der Waals surface area contributed by atoms with Gasteiger partial charge in [0.2, 0.25) is 5.88 Å². The molecule has 0 bridgehead atoms. The van der Waals surface area contributed by atoms with Crippen LogP contribution in [0.5, 0.6) is 17.2 Å². The molecule has 0 amide bonds. The van der Waals surface area contributed by atoms with Crippen LogP contribution in [0.1, 0.15) is 21.9 Å². The molecule has 8 heteroatoms. The molecule has 0 saturated heterocycles. The third kappa shape index (κ3) is 4.36. The maximum absolute atomic E-state index is 12.2. The van der Waals surface area contributed by atoms with Crippen LogP contribution in [0.25, 0.3) is 0 Å². The van der Waals surface area contributed by atoms with Crippen LogP contribution in [-0.4, -0.2) is 12.6 Å². The molecule has 31 heavy (non-hydrogen) atoms. The Morgan fingerprint density at radius 2 is 2.06 bits per heavy atom. The van der Waals surface area contributed by atoms with Crippen LogP contribution in [0.4, 0.5) is 0 Å². The molecule has 0 spiro atoms. The predicted molar refractivity (Wildman–Crippen MR) is 117 cm³/mol. The average Bonchev–Trinajstić information content (AvgIpc) is 3.28. The molecule has 0 radical (unpaired) electrons. The number of allylic oxidation sites excluding steroid dienone is 1. The lowest BCUT2D eigenvalue weighted by atomic mass is 9.88. The highest BCUT2D eigenvalue weighted by Gasteiger charge is 2.31. The summed E-state index contributed by atoms with van der Waals surface area (Å²) >= 11 is 7.52. The maximum Gasteiger partial charge on any atom is 0.349 e. The van der Waals surface area contributed by atoms with Crippen molar-refractivity contribution >= 4 is 28.9 Å². The second-order valence-corrected chi connectivity index (χ2v) is 8.20. The minimum absolute atomic E-state index is 0.0401. The van der Waals surface area contributed by atoms with E-state index >= 15 is 0 Å². The number of carbonyl (C=O) groups excluding carboxylic acids is 1. The summed E-state index contributed by atoms with van der Waals surface area (Å²) in [4.78, 5) is 13.2. The van der Waals surface area contributed by atoms with E-state index in [1.807, 2.05) is 24.4 Å². The van der Waals surface area contributed by atoms with Gasteiger partial charge in [-0.25, -0.2) is 4.79 Å². The number of rotatable bonds is 5. The third-order valence-corrected chi connectivity index (χ3v) is 6.10. The smallest absolute Gasteiger partial charge is 0.349 e. The van der Waals surface area contributed by atoms with E-state index in [1.54, 1.807) is 36.4 Å². The zero-order valence-corrected chi connectivity index (χ0v) is 18.0. The summed E-state index contributed by atoms with van der Waals surface area (Å²) < 4.78 is 16.5. The Kier molecular flexibility index (Phi) is 5.85. The molecule has 1 aliphatic rings. The van der Waals surface area contributed by atoms with Gasteiger partial charge in [0.1, 0.15) is 28.9 Å². The van der Waals surface area contributed by atoms with Crippen LogP contribution < -0.4 is 19.9 Å². The number of nitriles is 1. The van der Waals surface area contributed by atoms with Gasteiger partial charge in [-0.15, -0.1) is 11.3 Å². The zero-order valence-electron chi connectivity index (χ0n) is 16.4. The molecule has 0 fully saturated rings. The number of nitrogens with zero attached hydrogens (tertiary/aromatic N) is 1. The van der Waals surface area contributed by atoms with Gasteiger partial charge in [0.15, 0.2) is 6.61 Å². The second kappa shape index (κ2) is 8.72. The maximum atomic E-state index is 12.2. The Hall–Kier alpha value is -3.47. The van der Waals surface area contributed by atoms with Gasteiger partial charge in [0, 0.05) is 21.5 Å². The van der Waals surface area contributed by atoms with Crippen LogP contribution in [0.2, 0.25) is 5.02 Å². The van der Waals surface area contributed by atoms with Gasteiger partial charge >= 0.3 is 5.97 Å². The fourth-order valence-corrected chi connectivity index (χ4v) is 4.23. The van der Waals surface area contributed by atoms with E-state index in [9.17, 15) is 10.1 Å². The molecule has 3 aromatic rings. The predicted octanol–water partition coefficient (Wildman–Crippen LogP) is 4.91. The fraction of sp³-hybridized carbons (Fsp3) is 0.130. The van der Waals surface area contributed by atoms with Gasteiger partial charge in [-0.05, 0) is 48.2 Å². The molecule has 1 aliphatic heterocycles. The summed E-state index contributed by atoms with van der Waals surface area (Å²) in [6.45, 7) is 1.58. The first kappa shape index (κ1) is 20.8. The number of benzene rings is 2. The SMILES string of the molecule is Cc1cc(OCC(=O)Oc2ccc3c(c2)OC(N)=C(C#N)C3c2cccs2)ccc1Cl. The number of carbonyl (C=O) groups is 1. The molecule has 1 aromatic heterocycles. The van der Waals surface area contributed by atoms with Crippen molar-refractivity contribution in [2.45, 2.75) is 12.8 Å². The lowest BCUT2D eigenvalue weighted by Crippen LogP contribution is -2.21. The highest BCUT2D eigenvalue weighted by Crippen LogP contribution is 2.44.